The quantitative estimate of drug-likeness (QED) is 0.627. The molecule has 0 spiro atoms. The van der Waals surface area contributed by atoms with Crippen molar-refractivity contribution in [2.45, 2.75) is 31.8 Å². The number of aliphatic imine (C=N–C) groups is 1. The highest BCUT2D eigenvalue weighted by Crippen LogP contribution is 2.20. The molecule has 0 aromatic carbocycles. The van der Waals surface area contributed by atoms with Crippen LogP contribution in [0.1, 0.15) is 20.3 Å². The van der Waals surface area contributed by atoms with Crippen molar-refractivity contribution < 1.29 is 4.39 Å². The fourth-order valence-corrected chi connectivity index (χ4v) is 2.53. The number of hydrogen-bond donors (Lipinski definition) is 2. The fourth-order valence-electron chi connectivity index (χ4n) is 2.53. The highest BCUT2D eigenvalue weighted by atomic mass is 19.1. The number of hydrogen-bond acceptors (Lipinski definition) is 4. The van der Waals surface area contributed by atoms with Crippen molar-refractivity contribution in [3.63, 3.8) is 0 Å². The molecule has 24 heavy (non-hydrogen) atoms. The molecular formula is C17H29FN6. The van der Waals surface area contributed by atoms with Crippen LogP contribution in [0, 0.1) is 5.82 Å². The van der Waals surface area contributed by atoms with Gasteiger partial charge in [-0.05, 0) is 46.5 Å². The molecule has 0 aliphatic carbocycles. The molecule has 1 atom stereocenters. The van der Waals surface area contributed by atoms with Gasteiger partial charge < -0.3 is 20.4 Å². The van der Waals surface area contributed by atoms with Gasteiger partial charge in [0.25, 0.3) is 0 Å². The molecule has 1 aliphatic heterocycles. The molecule has 2 rings (SSSR count). The standard InChI is InChI=1S/C17H29FN6/c1-17(2,23(4)5)12-21-16(19-3)22-13-8-10-24(11-13)15-14(18)7-6-9-20-15/h6-7,9,13H,8,10-12H2,1-5H3,(H2,19,21,22). The van der Waals surface area contributed by atoms with Crippen molar-refractivity contribution >= 4 is 11.8 Å². The van der Waals surface area contributed by atoms with E-state index in [-0.39, 0.29) is 17.4 Å². The Bertz CT molecular complexity index is 572. The maximum atomic E-state index is 13.9. The van der Waals surface area contributed by atoms with Crippen molar-refractivity contribution in [2.75, 3.05) is 45.7 Å². The molecule has 1 fully saturated rings. The predicted molar refractivity (Wildman–Crippen MR) is 97.1 cm³/mol. The summed E-state index contributed by atoms with van der Waals surface area (Å²) in [4.78, 5) is 12.6. The molecule has 0 saturated carbocycles. The molecule has 134 valence electrons. The molecule has 1 aromatic rings. The lowest BCUT2D eigenvalue weighted by atomic mass is 10.0. The first kappa shape index (κ1) is 18.4. The second-order valence-electron chi connectivity index (χ2n) is 7.02. The minimum atomic E-state index is -0.270. The Morgan fingerprint density at radius 1 is 1.50 bits per heavy atom. The SMILES string of the molecule is CN=C(NCC(C)(C)N(C)C)NC1CCN(c2ncccc2F)C1. The van der Waals surface area contributed by atoms with E-state index in [4.69, 9.17) is 0 Å². The Balaban J connectivity index is 1.88. The average molecular weight is 336 g/mol. The maximum Gasteiger partial charge on any atom is 0.191 e. The zero-order chi connectivity index (χ0) is 17.7. The van der Waals surface area contributed by atoms with E-state index in [0.29, 0.717) is 12.4 Å². The summed E-state index contributed by atoms with van der Waals surface area (Å²) >= 11 is 0. The normalized spacial score (nSPS) is 19.0. The number of nitrogens with one attached hydrogen (secondary N) is 2. The minimum absolute atomic E-state index is 0.0242. The van der Waals surface area contributed by atoms with Gasteiger partial charge in [-0.2, -0.15) is 0 Å². The number of guanidine groups is 1. The second-order valence-corrected chi connectivity index (χ2v) is 7.02. The van der Waals surface area contributed by atoms with Gasteiger partial charge in [0.15, 0.2) is 17.6 Å². The first-order chi connectivity index (χ1) is 11.3. The van der Waals surface area contributed by atoms with Crippen LogP contribution in [-0.4, -0.2) is 68.2 Å². The van der Waals surface area contributed by atoms with Gasteiger partial charge in [-0.3, -0.25) is 4.99 Å². The molecule has 6 nitrogen and oxygen atoms in total. The van der Waals surface area contributed by atoms with Gasteiger partial charge in [-0.15, -0.1) is 0 Å². The number of pyridine rings is 1. The predicted octanol–water partition coefficient (Wildman–Crippen LogP) is 1.30. The number of aromatic nitrogens is 1. The Labute approximate surface area is 144 Å². The Hall–Kier alpha value is -1.89. The van der Waals surface area contributed by atoms with Crippen molar-refractivity contribution in [1.82, 2.24) is 20.5 Å². The molecular weight excluding hydrogens is 307 g/mol. The lowest BCUT2D eigenvalue weighted by molar-refractivity contribution is 0.197. The van der Waals surface area contributed by atoms with Crippen LogP contribution >= 0.6 is 0 Å². The smallest absolute Gasteiger partial charge is 0.191 e. The average Bonchev–Trinajstić information content (AvgIpc) is 3.00. The molecule has 2 heterocycles. The van der Waals surface area contributed by atoms with Crippen LogP contribution in [0.3, 0.4) is 0 Å². The number of halogens is 1. The van der Waals surface area contributed by atoms with Gasteiger partial charge in [0.2, 0.25) is 0 Å². The number of anilines is 1. The summed E-state index contributed by atoms with van der Waals surface area (Å²) in [5.74, 6) is 0.935. The Morgan fingerprint density at radius 2 is 2.25 bits per heavy atom. The number of nitrogens with zero attached hydrogens (tertiary/aromatic N) is 4. The first-order valence-corrected chi connectivity index (χ1v) is 8.33. The lowest BCUT2D eigenvalue weighted by Gasteiger charge is -2.33. The number of rotatable bonds is 5. The van der Waals surface area contributed by atoms with Crippen molar-refractivity contribution in [1.29, 1.82) is 0 Å². The topological polar surface area (TPSA) is 55.8 Å². The minimum Gasteiger partial charge on any atom is -0.355 e. The van der Waals surface area contributed by atoms with E-state index in [9.17, 15) is 4.39 Å². The highest BCUT2D eigenvalue weighted by Gasteiger charge is 2.26. The summed E-state index contributed by atoms with van der Waals surface area (Å²) in [7, 11) is 5.89. The zero-order valence-corrected chi connectivity index (χ0v) is 15.3. The second kappa shape index (κ2) is 7.79. The van der Waals surface area contributed by atoms with Crippen LogP contribution in [-0.2, 0) is 0 Å². The van der Waals surface area contributed by atoms with E-state index in [2.05, 4.69) is 53.5 Å². The van der Waals surface area contributed by atoms with E-state index >= 15 is 0 Å². The van der Waals surface area contributed by atoms with Crippen LogP contribution in [0.25, 0.3) is 0 Å². The van der Waals surface area contributed by atoms with Gasteiger partial charge in [0, 0.05) is 44.5 Å². The molecule has 7 heteroatoms. The molecule has 0 bridgehead atoms. The van der Waals surface area contributed by atoms with Crippen molar-refractivity contribution in [2.24, 2.45) is 4.99 Å². The molecule has 0 radical (unpaired) electrons. The molecule has 1 aliphatic rings. The summed E-state index contributed by atoms with van der Waals surface area (Å²) in [5.41, 5.74) is 0.0242. The monoisotopic (exact) mass is 336 g/mol. The van der Waals surface area contributed by atoms with E-state index in [1.165, 1.54) is 6.07 Å². The summed E-state index contributed by atoms with van der Waals surface area (Å²) in [6.07, 6.45) is 2.55. The maximum absolute atomic E-state index is 13.9. The zero-order valence-electron chi connectivity index (χ0n) is 15.3. The van der Waals surface area contributed by atoms with E-state index in [1.54, 1.807) is 19.3 Å². The third-order valence-corrected chi connectivity index (χ3v) is 4.69. The molecule has 0 amide bonds. The fraction of sp³-hybridized carbons (Fsp3) is 0.647. The third kappa shape index (κ3) is 4.56. The summed E-state index contributed by atoms with van der Waals surface area (Å²) in [6, 6.07) is 3.29. The van der Waals surface area contributed by atoms with Crippen molar-refractivity contribution in [3.8, 4) is 0 Å². The van der Waals surface area contributed by atoms with Gasteiger partial charge in [0.1, 0.15) is 0 Å². The largest absolute Gasteiger partial charge is 0.355 e. The van der Waals surface area contributed by atoms with Crippen molar-refractivity contribution in [3.05, 3.63) is 24.1 Å². The third-order valence-electron chi connectivity index (χ3n) is 4.69. The van der Waals surface area contributed by atoms with Gasteiger partial charge in [-0.25, -0.2) is 9.37 Å². The van der Waals surface area contributed by atoms with Crippen LogP contribution in [0.15, 0.2) is 23.3 Å². The van der Waals surface area contributed by atoms with Gasteiger partial charge >= 0.3 is 0 Å². The van der Waals surface area contributed by atoms with E-state index in [0.717, 1.165) is 25.5 Å². The van der Waals surface area contributed by atoms with Crippen LogP contribution in [0.2, 0.25) is 0 Å². The van der Waals surface area contributed by atoms with Crippen LogP contribution in [0.5, 0.6) is 0 Å². The Kier molecular flexibility index (Phi) is 5.99. The van der Waals surface area contributed by atoms with E-state index in [1.807, 2.05) is 4.90 Å². The molecule has 2 N–H and O–H groups in total. The van der Waals surface area contributed by atoms with Gasteiger partial charge in [0.05, 0.1) is 0 Å². The highest BCUT2D eigenvalue weighted by molar-refractivity contribution is 5.80. The number of likely N-dealkylation sites (N-methyl/N-ethyl adjacent to an activating group) is 1. The lowest BCUT2D eigenvalue weighted by Crippen LogP contribution is -2.52. The first-order valence-electron chi connectivity index (χ1n) is 8.33. The van der Waals surface area contributed by atoms with Crippen LogP contribution < -0.4 is 15.5 Å². The summed E-state index contributed by atoms with van der Waals surface area (Å²) in [6.45, 7) is 6.63. The molecule has 1 unspecified atom stereocenters. The van der Waals surface area contributed by atoms with Gasteiger partial charge in [-0.1, -0.05) is 0 Å². The summed E-state index contributed by atoms with van der Waals surface area (Å²) in [5, 5.41) is 6.80. The molecule has 1 saturated heterocycles. The summed E-state index contributed by atoms with van der Waals surface area (Å²) < 4.78 is 13.9. The van der Waals surface area contributed by atoms with E-state index < -0.39 is 0 Å². The van der Waals surface area contributed by atoms with Crippen LogP contribution in [0.4, 0.5) is 10.2 Å². The Morgan fingerprint density at radius 3 is 2.88 bits per heavy atom. The molecule has 1 aromatic heterocycles.